The Morgan fingerprint density at radius 2 is 1.80 bits per heavy atom. The van der Waals surface area contributed by atoms with E-state index in [4.69, 9.17) is 9.47 Å². The molecule has 0 aromatic rings. The van der Waals surface area contributed by atoms with Gasteiger partial charge in [-0.2, -0.15) is 0 Å². The zero-order chi connectivity index (χ0) is 15.0. The van der Waals surface area contributed by atoms with Crippen LogP contribution in [0.2, 0.25) is 0 Å². The van der Waals surface area contributed by atoms with E-state index in [-0.39, 0.29) is 0 Å². The van der Waals surface area contributed by atoms with Gasteiger partial charge < -0.3 is 14.4 Å². The highest BCUT2D eigenvalue weighted by molar-refractivity contribution is 5.68. The van der Waals surface area contributed by atoms with Crippen LogP contribution in [0.4, 0.5) is 13.6 Å². The average Bonchev–Trinajstić information content (AvgIpc) is 2.32. The second-order valence-electron chi connectivity index (χ2n) is 6.75. The standard InChI is InChI=1S/C14H23F2NO3/c1-12(2,3)20-11(18)17-7-4-13(5-8-17)6-9-19-10-14(13,15)16/h4-10H2,1-3H3. The summed E-state index contributed by atoms with van der Waals surface area (Å²) in [5.74, 6) is -2.80. The second kappa shape index (κ2) is 5.13. The van der Waals surface area contributed by atoms with Crippen LogP contribution in [-0.4, -0.2) is 48.8 Å². The van der Waals surface area contributed by atoms with E-state index in [0.717, 1.165) is 0 Å². The van der Waals surface area contributed by atoms with Crippen LogP contribution in [0.1, 0.15) is 40.0 Å². The molecule has 1 amide bonds. The van der Waals surface area contributed by atoms with Crippen molar-refractivity contribution in [1.29, 1.82) is 0 Å². The fraction of sp³-hybridized carbons (Fsp3) is 0.929. The van der Waals surface area contributed by atoms with Crippen LogP contribution in [0.5, 0.6) is 0 Å². The fourth-order valence-electron chi connectivity index (χ4n) is 2.86. The van der Waals surface area contributed by atoms with E-state index in [1.165, 1.54) is 4.90 Å². The van der Waals surface area contributed by atoms with E-state index in [1.54, 1.807) is 20.8 Å². The maximum absolute atomic E-state index is 14.1. The van der Waals surface area contributed by atoms with Crippen molar-refractivity contribution in [3.05, 3.63) is 0 Å². The zero-order valence-corrected chi connectivity index (χ0v) is 12.4. The lowest BCUT2D eigenvalue weighted by molar-refractivity contribution is -0.218. The third-order valence-electron chi connectivity index (χ3n) is 4.16. The number of likely N-dealkylation sites (tertiary alicyclic amines) is 1. The van der Waals surface area contributed by atoms with Crippen molar-refractivity contribution in [2.75, 3.05) is 26.3 Å². The topological polar surface area (TPSA) is 38.8 Å². The first-order valence-electron chi connectivity index (χ1n) is 7.09. The first-order chi connectivity index (χ1) is 9.15. The SMILES string of the molecule is CC(C)(C)OC(=O)N1CCC2(CCOCC2(F)F)CC1. The molecule has 0 aliphatic carbocycles. The smallest absolute Gasteiger partial charge is 0.410 e. The normalized spacial score (nSPS) is 25.6. The average molecular weight is 291 g/mol. The molecule has 2 rings (SSSR count). The van der Waals surface area contributed by atoms with Crippen LogP contribution in [-0.2, 0) is 9.47 Å². The number of rotatable bonds is 0. The summed E-state index contributed by atoms with van der Waals surface area (Å²) in [4.78, 5) is 13.5. The summed E-state index contributed by atoms with van der Waals surface area (Å²) in [5.41, 5.74) is -1.57. The van der Waals surface area contributed by atoms with E-state index in [0.29, 0.717) is 39.0 Å². The van der Waals surface area contributed by atoms with E-state index >= 15 is 0 Å². The van der Waals surface area contributed by atoms with Crippen LogP contribution >= 0.6 is 0 Å². The Kier molecular flexibility index (Phi) is 3.97. The van der Waals surface area contributed by atoms with Crippen LogP contribution in [0.3, 0.4) is 0 Å². The highest BCUT2D eigenvalue weighted by Gasteiger charge is 2.56. The molecule has 0 aromatic heterocycles. The molecule has 2 aliphatic rings. The number of hydrogen-bond acceptors (Lipinski definition) is 3. The Morgan fingerprint density at radius 1 is 1.20 bits per heavy atom. The molecule has 4 nitrogen and oxygen atoms in total. The molecule has 2 aliphatic heterocycles. The molecule has 6 heteroatoms. The summed E-state index contributed by atoms with van der Waals surface area (Å²) < 4.78 is 38.3. The van der Waals surface area contributed by atoms with Crippen molar-refractivity contribution in [2.45, 2.75) is 51.6 Å². The number of ether oxygens (including phenoxy) is 2. The summed E-state index contributed by atoms with van der Waals surface area (Å²) in [7, 11) is 0. The lowest BCUT2D eigenvalue weighted by atomic mass is 9.70. The summed E-state index contributed by atoms with van der Waals surface area (Å²) in [6, 6.07) is 0. The van der Waals surface area contributed by atoms with Crippen LogP contribution in [0, 0.1) is 5.41 Å². The fourth-order valence-corrected chi connectivity index (χ4v) is 2.86. The Bertz CT molecular complexity index is 371. The van der Waals surface area contributed by atoms with Gasteiger partial charge in [-0.1, -0.05) is 0 Å². The van der Waals surface area contributed by atoms with Crippen molar-refractivity contribution in [1.82, 2.24) is 4.90 Å². The molecular formula is C14H23F2NO3. The molecule has 0 bridgehead atoms. The van der Waals surface area contributed by atoms with Gasteiger partial charge in [0.1, 0.15) is 12.2 Å². The van der Waals surface area contributed by atoms with E-state index in [9.17, 15) is 13.6 Å². The zero-order valence-electron chi connectivity index (χ0n) is 12.4. The van der Waals surface area contributed by atoms with Gasteiger partial charge in [0.25, 0.3) is 5.92 Å². The van der Waals surface area contributed by atoms with Gasteiger partial charge in [0.05, 0.1) is 0 Å². The highest BCUT2D eigenvalue weighted by Crippen LogP contribution is 2.50. The lowest BCUT2D eigenvalue weighted by Gasteiger charge is -2.48. The second-order valence-corrected chi connectivity index (χ2v) is 6.75. The Labute approximate surface area is 118 Å². The molecular weight excluding hydrogens is 268 g/mol. The van der Waals surface area contributed by atoms with E-state index < -0.39 is 29.6 Å². The van der Waals surface area contributed by atoms with Gasteiger partial charge in [-0.3, -0.25) is 0 Å². The lowest BCUT2D eigenvalue weighted by Crippen LogP contribution is -2.55. The number of halogens is 2. The maximum atomic E-state index is 14.1. The van der Waals surface area contributed by atoms with Crippen LogP contribution in [0.15, 0.2) is 0 Å². The number of alkyl halides is 2. The van der Waals surface area contributed by atoms with Crippen molar-refractivity contribution in [3.63, 3.8) is 0 Å². The number of piperidine rings is 1. The Hall–Kier alpha value is -0.910. The van der Waals surface area contributed by atoms with Crippen molar-refractivity contribution in [3.8, 4) is 0 Å². The molecule has 0 unspecified atom stereocenters. The first-order valence-corrected chi connectivity index (χ1v) is 7.09. The molecule has 116 valence electrons. The Balaban J connectivity index is 1.96. The molecule has 1 spiro atoms. The molecule has 0 N–H and O–H groups in total. The third-order valence-corrected chi connectivity index (χ3v) is 4.16. The predicted molar refractivity (Wildman–Crippen MR) is 69.9 cm³/mol. The summed E-state index contributed by atoms with van der Waals surface area (Å²) in [6.07, 6.45) is 0.565. The van der Waals surface area contributed by atoms with Gasteiger partial charge in [-0.25, -0.2) is 13.6 Å². The molecule has 0 aromatic carbocycles. The number of hydrogen-bond donors (Lipinski definition) is 0. The first kappa shape index (κ1) is 15.5. The van der Waals surface area contributed by atoms with Crippen LogP contribution in [0.25, 0.3) is 0 Å². The molecule has 2 saturated heterocycles. The summed E-state index contributed by atoms with van der Waals surface area (Å²) >= 11 is 0. The van der Waals surface area contributed by atoms with Gasteiger partial charge in [0, 0.05) is 25.1 Å². The van der Waals surface area contributed by atoms with Gasteiger partial charge in [-0.05, 0) is 40.0 Å². The quantitative estimate of drug-likeness (QED) is 0.688. The predicted octanol–water partition coefficient (Wildman–Crippen LogP) is 3.06. The summed E-state index contributed by atoms with van der Waals surface area (Å²) in [5, 5.41) is 0. The minimum atomic E-state index is -2.80. The molecule has 0 radical (unpaired) electrons. The number of amides is 1. The molecule has 2 fully saturated rings. The van der Waals surface area contributed by atoms with Gasteiger partial charge in [0.2, 0.25) is 0 Å². The van der Waals surface area contributed by atoms with Crippen molar-refractivity contribution >= 4 is 6.09 Å². The Morgan fingerprint density at radius 3 is 2.30 bits per heavy atom. The van der Waals surface area contributed by atoms with Gasteiger partial charge >= 0.3 is 6.09 Å². The van der Waals surface area contributed by atoms with E-state index in [1.807, 2.05) is 0 Å². The maximum Gasteiger partial charge on any atom is 0.410 e. The molecule has 0 atom stereocenters. The molecule has 2 heterocycles. The largest absolute Gasteiger partial charge is 0.444 e. The van der Waals surface area contributed by atoms with Crippen LogP contribution < -0.4 is 0 Å². The number of carbonyl (C=O) groups is 1. The number of nitrogens with zero attached hydrogens (tertiary/aromatic N) is 1. The minimum absolute atomic E-state index is 0.308. The number of carbonyl (C=O) groups excluding carboxylic acids is 1. The van der Waals surface area contributed by atoms with Crippen molar-refractivity contribution in [2.24, 2.45) is 5.41 Å². The third kappa shape index (κ3) is 3.05. The monoisotopic (exact) mass is 291 g/mol. The van der Waals surface area contributed by atoms with Crippen molar-refractivity contribution < 1.29 is 23.0 Å². The van der Waals surface area contributed by atoms with E-state index in [2.05, 4.69) is 0 Å². The van der Waals surface area contributed by atoms with Gasteiger partial charge in [0.15, 0.2) is 0 Å². The highest BCUT2D eigenvalue weighted by atomic mass is 19.3. The minimum Gasteiger partial charge on any atom is -0.444 e. The summed E-state index contributed by atoms with van der Waals surface area (Å²) in [6.45, 7) is 5.91. The molecule has 0 saturated carbocycles. The molecule has 20 heavy (non-hydrogen) atoms. The van der Waals surface area contributed by atoms with Gasteiger partial charge in [-0.15, -0.1) is 0 Å².